The van der Waals surface area contributed by atoms with E-state index in [1.807, 2.05) is 69.2 Å². The Hall–Kier alpha value is -2.74. The number of carbonyl (C=O) groups is 4. The smallest absolute Gasteiger partial charge is 0.404 e. The second-order valence-corrected chi connectivity index (χ2v) is 43.3. The highest BCUT2D eigenvalue weighted by Gasteiger charge is 2.60. The van der Waals surface area contributed by atoms with Crippen LogP contribution in [0.3, 0.4) is 0 Å². The summed E-state index contributed by atoms with van der Waals surface area (Å²) in [5.41, 5.74) is -8.61. The number of ether oxygens (including phenoxy) is 4. The summed E-state index contributed by atoms with van der Waals surface area (Å²) in [5.74, 6) is 0.299. The fourth-order valence-electron chi connectivity index (χ4n) is 11.2. The van der Waals surface area contributed by atoms with Gasteiger partial charge in [0.15, 0.2) is 21.7 Å². The molecule has 1 fully saturated rings. The van der Waals surface area contributed by atoms with E-state index in [4.69, 9.17) is 18.9 Å². The molecule has 127 heavy (non-hydrogen) atoms. The molecule has 10 unspecified atom stereocenters. The monoisotopic (exact) mass is 1900 g/mol. The van der Waals surface area contributed by atoms with Gasteiger partial charge in [-0.3, -0.25) is 19.2 Å². The molecule has 0 radical (unpaired) electrons. The third kappa shape index (κ3) is 77.2. The Morgan fingerprint density at radius 1 is 0.323 bits per heavy atom. The normalized spacial score (nSPS) is 14.9. The molecule has 0 aromatic carbocycles. The molecule has 0 N–H and O–H groups in total. The maximum Gasteiger partial charge on any atom is 0.404 e. The van der Waals surface area contributed by atoms with Crippen LogP contribution >= 0.6 is 0 Å². The summed E-state index contributed by atoms with van der Waals surface area (Å²) in [6.07, 6.45) is 2.69. The number of alkyl halides is 12. The molecule has 1 aliphatic carbocycles. The first kappa shape index (κ1) is 184. The van der Waals surface area contributed by atoms with Crippen LogP contribution in [0.25, 0.3) is 0 Å². The fourth-order valence-corrected chi connectivity index (χ4v) is 12.6. The van der Waals surface area contributed by atoms with E-state index in [2.05, 4.69) is 130 Å². The zero-order valence-electron chi connectivity index (χ0n) is 78.2. The van der Waals surface area contributed by atoms with Crippen molar-refractivity contribution in [2.45, 2.75) is 565 Å². The highest BCUT2D eigenvalue weighted by atomic mass is 28.3. The van der Waals surface area contributed by atoms with Crippen LogP contribution in [-0.2, 0) is 38.1 Å². The molecule has 21 heteroatoms. The van der Waals surface area contributed by atoms with Gasteiger partial charge in [0.1, 0.15) is 12.2 Å². The molecule has 0 saturated heterocycles. The van der Waals surface area contributed by atoms with E-state index in [1.165, 1.54) is 104 Å². The highest BCUT2D eigenvalue weighted by molar-refractivity contribution is 6.76. The summed E-state index contributed by atoms with van der Waals surface area (Å²) in [4.78, 5) is 47.0. The third-order valence-corrected chi connectivity index (χ3v) is 25.4. The number of carbonyl (C=O) groups excluding carboxylic acids is 4. The molecule has 0 spiro atoms. The predicted molar refractivity (Wildman–Crippen MR) is 554 cm³/mol. The van der Waals surface area contributed by atoms with Gasteiger partial charge < -0.3 is 18.9 Å². The largest absolute Gasteiger partial charge is 0.465 e. The van der Waals surface area contributed by atoms with Crippen molar-refractivity contribution in [2.75, 3.05) is 13.2 Å². The molecule has 1 rings (SSSR count). The lowest BCUT2D eigenvalue weighted by atomic mass is 9.81. The highest BCUT2D eigenvalue weighted by Crippen LogP contribution is 2.46. The average Bonchev–Trinajstić information content (AvgIpc) is 0.815. The lowest BCUT2D eigenvalue weighted by molar-refractivity contribution is -0.236. The molecule has 0 amide bonds. The molecular weight excluding hydrogens is 1660 g/mol. The SMILES string of the molecule is C.C.C.C.C.C.C.C.C.C.C.C.C.C.C.C.CCC(C)(C(=O)OC(C(C)C)C(C)C)C(F)(F)F.CCC(C)(C(=O)OC(C(C)C)C(C)C)C(F)(F)F.CCC(C)C(C)(C)C.CCC(C)C(C)(C)C.CCC(C)CC1CCCCC1.CCC(C)CC[Si](C)(C)C.CCCCC(CC)COC(=O)C(C)(CC)C(F)(F)F.CCCCC(CC)COC(=O)C(C)(CC)C(F)(F)F. The first-order valence-corrected chi connectivity index (χ1v) is 46.9. The zero-order valence-corrected chi connectivity index (χ0v) is 79.2. The van der Waals surface area contributed by atoms with Crippen molar-refractivity contribution in [3.8, 4) is 0 Å². The van der Waals surface area contributed by atoms with Crippen molar-refractivity contribution in [3.05, 3.63) is 0 Å². The van der Waals surface area contributed by atoms with Gasteiger partial charge >= 0.3 is 48.6 Å². The minimum atomic E-state index is -4.59. The van der Waals surface area contributed by atoms with Gasteiger partial charge in [-0.05, 0) is 149 Å². The summed E-state index contributed by atoms with van der Waals surface area (Å²) < 4.78 is 175. The van der Waals surface area contributed by atoms with Gasteiger partial charge in [-0.15, -0.1) is 0 Å². The van der Waals surface area contributed by atoms with Crippen LogP contribution in [0.1, 0.15) is 502 Å². The van der Waals surface area contributed by atoms with Gasteiger partial charge in [0.25, 0.3) is 0 Å². The average molecular weight is 1900 g/mol. The number of hydrogen-bond acceptors (Lipinski definition) is 8. The molecule has 0 aromatic heterocycles. The van der Waals surface area contributed by atoms with Crippen molar-refractivity contribution in [1.82, 2.24) is 0 Å². The summed E-state index contributed by atoms with van der Waals surface area (Å²) in [6.45, 7) is 71.4. The molecule has 0 aromatic rings. The van der Waals surface area contributed by atoms with Gasteiger partial charge in [0.2, 0.25) is 0 Å². The fraction of sp³-hybridized carbons (Fsp3) is 0.962. The Kier molecular flexibility index (Phi) is 128. The number of esters is 4. The molecule has 1 aliphatic rings. The maximum atomic E-state index is 12.9. The first-order chi connectivity index (χ1) is 50.1. The second-order valence-electron chi connectivity index (χ2n) is 37.7. The van der Waals surface area contributed by atoms with Crippen LogP contribution < -0.4 is 0 Å². The van der Waals surface area contributed by atoms with Crippen LogP contribution in [-0.4, -0.2) is 82.1 Å². The molecule has 8 nitrogen and oxygen atoms in total. The van der Waals surface area contributed by atoms with E-state index in [-0.39, 0.29) is 193 Å². The summed E-state index contributed by atoms with van der Waals surface area (Å²) in [5, 5.41) is 0. The van der Waals surface area contributed by atoms with Crippen molar-refractivity contribution in [1.29, 1.82) is 0 Å². The zero-order chi connectivity index (χ0) is 89.5. The van der Waals surface area contributed by atoms with Crippen molar-refractivity contribution >= 4 is 32.0 Å². The Bertz CT molecular complexity index is 2190. The lowest BCUT2D eigenvalue weighted by Crippen LogP contribution is -2.45. The van der Waals surface area contributed by atoms with Gasteiger partial charge in [-0.2, -0.15) is 52.7 Å². The van der Waals surface area contributed by atoms with Crippen molar-refractivity contribution < 1.29 is 90.8 Å². The summed E-state index contributed by atoms with van der Waals surface area (Å²) >= 11 is 0. The van der Waals surface area contributed by atoms with Crippen LogP contribution in [0.15, 0.2) is 0 Å². The number of rotatable bonds is 35. The van der Waals surface area contributed by atoms with E-state index < -0.39 is 90.5 Å². The predicted octanol–water partition coefficient (Wildman–Crippen LogP) is 41.9. The number of hydrogen-bond donors (Lipinski definition) is 0. The lowest BCUT2D eigenvalue weighted by Gasteiger charge is -2.33. The molecule has 800 valence electrons. The maximum absolute atomic E-state index is 12.9. The minimum absolute atomic E-state index is 0. The number of unbranched alkanes of at least 4 members (excludes halogenated alkanes) is 2. The Morgan fingerprint density at radius 2 is 0.551 bits per heavy atom. The molecular formula is C106H240F12O8Si. The Labute approximate surface area is 794 Å². The Morgan fingerprint density at radius 3 is 0.709 bits per heavy atom. The number of halogens is 12. The van der Waals surface area contributed by atoms with Gasteiger partial charge in [0, 0.05) is 8.07 Å². The third-order valence-electron chi connectivity index (χ3n) is 23.7. The van der Waals surface area contributed by atoms with Crippen molar-refractivity contribution in [3.63, 3.8) is 0 Å². The van der Waals surface area contributed by atoms with E-state index in [0.717, 1.165) is 109 Å². The van der Waals surface area contributed by atoms with Gasteiger partial charge in [-0.25, -0.2) is 0 Å². The standard InChI is InChI=1S/2C14H25F3O2.2C13H23F3O2.C11H22.C9H22Si.2C8H18.16CH4/c2*1-5-8-9-11(6-2)10-19-12(18)13(4,7-3)14(15,16)17;2*1-7-12(6,13(14,15)16)11(17)18-10(8(2)3)9(4)5;1-3-10(2)9-11-7-5-4-6-8-11;1-6-9(2)7-8-10(3,4)5;2*1-6-7(2)8(3,4)5;;;;;;;;;;;;;;;;/h2*11H,5-10H2,1-4H3;2*8-10H,7H2,1-6H3;10-11H,3-9H2,1-2H3;9H,6-8H2,1-5H3;2*7H,6H2,1-5H3;16*1H4. The first-order valence-electron chi connectivity index (χ1n) is 43.2. The van der Waals surface area contributed by atoms with E-state index in [0.29, 0.717) is 10.8 Å². The van der Waals surface area contributed by atoms with E-state index in [9.17, 15) is 71.9 Å². The summed E-state index contributed by atoms with van der Waals surface area (Å²) in [6, 6.07) is 1.50. The minimum Gasteiger partial charge on any atom is -0.465 e. The van der Waals surface area contributed by atoms with Gasteiger partial charge in [0.05, 0.1) is 13.2 Å². The molecule has 0 bridgehead atoms. The molecule has 1 saturated carbocycles. The molecule has 10 atom stereocenters. The molecule has 0 aliphatic heterocycles. The molecule has 0 heterocycles. The van der Waals surface area contributed by atoms with Gasteiger partial charge in [-0.1, -0.05) is 455 Å². The van der Waals surface area contributed by atoms with Crippen LogP contribution in [0, 0.1) is 97.6 Å². The van der Waals surface area contributed by atoms with Crippen LogP contribution in [0.2, 0.25) is 25.7 Å². The van der Waals surface area contributed by atoms with Crippen LogP contribution in [0.5, 0.6) is 0 Å². The second kappa shape index (κ2) is 88.5. The van der Waals surface area contributed by atoms with Crippen molar-refractivity contribution in [2.24, 2.45) is 97.6 Å². The van der Waals surface area contributed by atoms with E-state index >= 15 is 0 Å². The van der Waals surface area contributed by atoms with E-state index in [1.54, 1.807) is 0 Å². The quantitative estimate of drug-likeness (QED) is 0.0267. The Balaban J connectivity index is -0.0000000463. The summed E-state index contributed by atoms with van der Waals surface area (Å²) in [7, 11) is -0.736. The topological polar surface area (TPSA) is 105 Å². The van der Waals surface area contributed by atoms with Crippen LogP contribution in [0.4, 0.5) is 52.7 Å².